The second-order valence-corrected chi connectivity index (χ2v) is 7.09. The van der Waals surface area contributed by atoms with E-state index in [-0.39, 0.29) is 11.9 Å². The number of rotatable bonds is 3. The highest BCUT2D eigenvalue weighted by molar-refractivity contribution is 6.30. The lowest BCUT2D eigenvalue weighted by Crippen LogP contribution is -2.29. The molecule has 1 atom stereocenters. The van der Waals surface area contributed by atoms with Crippen LogP contribution in [0.1, 0.15) is 30.5 Å². The summed E-state index contributed by atoms with van der Waals surface area (Å²) in [5.41, 5.74) is 9.18. The van der Waals surface area contributed by atoms with E-state index in [1.807, 2.05) is 62.4 Å². The quantitative estimate of drug-likeness (QED) is 0.383. The molecule has 1 aliphatic heterocycles. The minimum Gasteiger partial charge on any atom is -0.407 e. The number of benzodiazepines with no additional fused rings is 1. The molecule has 0 aliphatic carbocycles. The monoisotopic (exact) mass is 461 g/mol. The van der Waals surface area contributed by atoms with Crippen LogP contribution in [0.4, 0.5) is 5.69 Å². The van der Waals surface area contributed by atoms with Gasteiger partial charge in [0.05, 0.1) is 11.4 Å². The molecule has 7 nitrogen and oxygen atoms in total. The number of nitrogens with zero attached hydrogens (tertiary/aromatic N) is 2. The van der Waals surface area contributed by atoms with Gasteiger partial charge in [-0.2, -0.15) is 4.99 Å². The Kier molecular flexibility index (Phi) is 7.94. The number of carbonyl (C=O) groups excluding carboxylic acids is 1. The van der Waals surface area contributed by atoms with E-state index in [9.17, 15) is 4.79 Å². The van der Waals surface area contributed by atoms with Crippen LogP contribution >= 0.6 is 11.6 Å². The molecule has 0 radical (unpaired) electrons. The highest BCUT2D eigenvalue weighted by Gasteiger charge is 2.26. The molecule has 0 aromatic heterocycles. The van der Waals surface area contributed by atoms with Crippen molar-refractivity contribution in [2.24, 2.45) is 15.7 Å². The summed E-state index contributed by atoms with van der Waals surface area (Å²) in [4.78, 5) is 21.5. The molecular weight excluding hydrogens is 438 g/mol. The molecule has 1 heterocycles. The Balaban J connectivity index is 0.00000149. The maximum absolute atomic E-state index is 12.8. The maximum Gasteiger partial charge on any atom is 0.291 e. The molecule has 0 fully saturated rings. The number of halogens is 1. The molecule has 3 aromatic carbocycles. The lowest BCUT2D eigenvalue weighted by Gasteiger charge is -2.10. The first-order valence-corrected chi connectivity index (χ1v) is 10.8. The summed E-state index contributed by atoms with van der Waals surface area (Å²) in [6.07, 6.45) is -1.18. The molecule has 0 spiro atoms. The van der Waals surface area contributed by atoms with Gasteiger partial charge in [0.1, 0.15) is 0 Å². The third-order valence-electron chi connectivity index (χ3n) is 4.54. The van der Waals surface area contributed by atoms with Gasteiger partial charge in [-0.15, -0.1) is 0 Å². The number of nitrogens with one attached hydrogen (secondary N) is 2. The first kappa shape index (κ1) is 23.7. The van der Waals surface area contributed by atoms with E-state index in [1.54, 1.807) is 30.3 Å². The molecule has 1 aliphatic rings. The molecular formula is C25H24ClN5O2. The summed E-state index contributed by atoms with van der Waals surface area (Å²) < 4.78 is 5.30. The van der Waals surface area contributed by atoms with Crippen molar-refractivity contribution in [1.29, 1.82) is 5.41 Å². The van der Waals surface area contributed by atoms with Crippen molar-refractivity contribution in [1.82, 2.24) is 0 Å². The summed E-state index contributed by atoms with van der Waals surface area (Å²) in [5, 5.41) is 11.4. The average Bonchev–Trinajstić information content (AvgIpc) is 2.97. The molecule has 8 heteroatoms. The van der Waals surface area contributed by atoms with Crippen molar-refractivity contribution in [3.63, 3.8) is 0 Å². The number of carbonyl (C=O) groups is 1. The zero-order valence-electron chi connectivity index (χ0n) is 18.2. The van der Waals surface area contributed by atoms with E-state index in [1.165, 1.54) is 0 Å². The zero-order valence-corrected chi connectivity index (χ0v) is 19.0. The molecule has 1 amide bonds. The largest absolute Gasteiger partial charge is 0.407 e. The van der Waals surface area contributed by atoms with Gasteiger partial charge in [-0.05, 0) is 30.3 Å². The number of benzene rings is 3. The lowest BCUT2D eigenvalue weighted by molar-refractivity contribution is -0.117. The SMILES string of the molecule is CC.N=C(O/C(N)=N/C1N=C(c2ccccc2)c2ccccc2NC1=O)c1ccc(Cl)cc1. The molecule has 3 aromatic rings. The van der Waals surface area contributed by atoms with Crippen LogP contribution in [0.2, 0.25) is 5.02 Å². The van der Waals surface area contributed by atoms with E-state index >= 15 is 0 Å². The Morgan fingerprint density at radius 1 is 1.03 bits per heavy atom. The predicted molar refractivity (Wildman–Crippen MR) is 133 cm³/mol. The third-order valence-corrected chi connectivity index (χ3v) is 4.79. The number of ether oxygens (including phenoxy) is 1. The van der Waals surface area contributed by atoms with Crippen molar-refractivity contribution in [3.8, 4) is 0 Å². The van der Waals surface area contributed by atoms with Gasteiger partial charge in [0, 0.05) is 21.7 Å². The van der Waals surface area contributed by atoms with Crippen molar-refractivity contribution < 1.29 is 9.53 Å². The Morgan fingerprint density at radius 3 is 2.36 bits per heavy atom. The number of fused-ring (bicyclic) bond motifs is 1. The van der Waals surface area contributed by atoms with E-state index in [2.05, 4.69) is 15.3 Å². The number of aliphatic imine (C=N–C) groups is 2. The zero-order chi connectivity index (χ0) is 23.8. The van der Waals surface area contributed by atoms with Crippen molar-refractivity contribution >= 4 is 40.8 Å². The van der Waals surface area contributed by atoms with E-state index in [4.69, 9.17) is 27.5 Å². The summed E-state index contributed by atoms with van der Waals surface area (Å²) in [7, 11) is 0. The van der Waals surface area contributed by atoms with Gasteiger partial charge in [-0.3, -0.25) is 10.2 Å². The predicted octanol–water partition coefficient (Wildman–Crippen LogP) is 4.84. The fraction of sp³-hybridized carbons (Fsp3) is 0.120. The van der Waals surface area contributed by atoms with Crippen LogP contribution in [0.25, 0.3) is 0 Å². The van der Waals surface area contributed by atoms with E-state index in [0.717, 1.165) is 11.1 Å². The highest BCUT2D eigenvalue weighted by atomic mass is 35.5. The normalized spacial score (nSPS) is 15.1. The molecule has 0 bridgehead atoms. The van der Waals surface area contributed by atoms with Crippen LogP contribution < -0.4 is 11.1 Å². The summed E-state index contributed by atoms with van der Waals surface area (Å²) in [6, 6.07) is 23.0. The Bertz CT molecular complexity index is 1190. The van der Waals surface area contributed by atoms with Crippen LogP contribution in [-0.4, -0.2) is 29.7 Å². The molecule has 168 valence electrons. The molecule has 4 rings (SSSR count). The standard InChI is InChI=1S/C23H18ClN5O2.C2H6/c24-16-12-10-15(11-13-16)20(25)31-23(26)29-21-22(30)27-18-9-5-4-8-17(18)19(28-21)14-6-2-1-3-7-14;1-2/h1-13,21,25H,(H2,26,29)(H,27,30);1-2H3. The Morgan fingerprint density at radius 2 is 1.67 bits per heavy atom. The van der Waals surface area contributed by atoms with Crippen molar-refractivity contribution in [3.05, 3.63) is 101 Å². The first-order chi connectivity index (χ1) is 16.0. The average molecular weight is 462 g/mol. The number of anilines is 1. The van der Waals surface area contributed by atoms with Gasteiger partial charge < -0.3 is 15.8 Å². The van der Waals surface area contributed by atoms with Gasteiger partial charge in [-0.25, -0.2) is 4.99 Å². The summed E-state index contributed by atoms with van der Waals surface area (Å²) in [5.74, 6) is -0.676. The number of amides is 1. The second-order valence-electron chi connectivity index (χ2n) is 6.66. The van der Waals surface area contributed by atoms with Gasteiger partial charge in [0.25, 0.3) is 11.9 Å². The fourth-order valence-corrected chi connectivity index (χ4v) is 3.20. The van der Waals surface area contributed by atoms with Crippen LogP contribution in [0.3, 0.4) is 0 Å². The van der Waals surface area contributed by atoms with E-state index < -0.39 is 12.1 Å². The molecule has 33 heavy (non-hydrogen) atoms. The Hall–Kier alpha value is -3.97. The minimum absolute atomic E-state index is 0.220. The van der Waals surface area contributed by atoms with E-state index in [0.29, 0.717) is 22.0 Å². The summed E-state index contributed by atoms with van der Waals surface area (Å²) >= 11 is 5.87. The smallest absolute Gasteiger partial charge is 0.291 e. The first-order valence-electron chi connectivity index (χ1n) is 10.4. The third kappa shape index (κ3) is 5.84. The number of hydrogen-bond acceptors (Lipinski definition) is 5. The number of nitrogens with two attached hydrogens (primary N) is 1. The van der Waals surface area contributed by atoms with Crippen LogP contribution in [0.5, 0.6) is 0 Å². The summed E-state index contributed by atoms with van der Waals surface area (Å²) in [6.45, 7) is 4.00. The molecule has 0 saturated heterocycles. The number of para-hydroxylation sites is 1. The fourth-order valence-electron chi connectivity index (χ4n) is 3.07. The van der Waals surface area contributed by atoms with Gasteiger partial charge in [-0.1, -0.05) is 74.0 Å². The van der Waals surface area contributed by atoms with Crippen molar-refractivity contribution in [2.75, 3.05) is 5.32 Å². The maximum atomic E-state index is 12.8. The lowest BCUT2D eigenvalue weighted by atomic mass is 10.0. The van der Waals surface area contributed by atoms with Crippen LogP contribution in [0.15, 0.2) is 88.8 Å². The van der Waals surface area contributed by atoms with Gasteiger partial charge >= 0.3 is 0 Å². The molecule has 0 saturated carbocycles. The topological polar surface area (TPSA) is 113 Å². The Labute approximate surface area is 197 Å². The molecule has 4 N–H and O–H groups in total. The highest BCUT2D eigenvalue weighted by Crippen LogP contribution is 2.24. The van der Waals surface area contributed by atoms with Crippen LogP contribution in [-0.2, 0) is 9.53 Å². The van der Waals surface area contributed by atoms with Crippen molar-refractivity contribution in [2.45, 2.75) is 20.0 Å². The molecule has 1 unspecified atom stereocenters. The number of amidine groups is 1. The second kappa shape index (κ2) is 11.1. The minimum atomic E-state index is -1.18. The van der Waals surface area contributed by atoms with Crippen LogP contribution in [0, 0.1) is 5.41 Å². The number of hydrogen-bond donors (Lipinski definition) is 3. The van der Waals surface area contributed by atoms with Gasteiger partial charge in [0.15, 0.2) is 0 Å². The van der Waals surface area contributed by atoms with Gasteiger partial charge in [0.2, 0.25) is 12.1 Å².